The molecule has 2 amide bonds. The van der Waals surface area contributed by atoms with Crippen LogP contribution in [-0.2, 0) is 9.59 Å². The van der Waals surface area contributed by atoms with Gasteiger partial charge in [0.25, 0.3) is 5.91 Å². The molecule has 144 valence electrons. The highest BCUT2D eigenvalue weighted by Crippen LogP contribution is 2.26. The topological polar surface area (TPSA) is 71.1 Å². The van der Waals surface area contributed by atoms with Crippen LogP contribution in [0.15, 0.2) is 60.8 Å². The minimum absolute atomic E-state index is 0.144. The van der Waals surface area contributed by atoms with Gasteiger partial charge < -0.3 is 10.6 Å². The van der Waals surface area contributed by atoms with Crippen LogP contribution >= 0.6 is 0 Å². The van der Waals surface area contributed by atoms with Crippen molar-refractivity contribution in [3.63, 3.8) is 0 Å². The average molecular weight is 375 g/mol. The molecule has 0 radical (unpaired) electrons. The Hall–Kier alpha value is -3.21. The molecular weight excluding hydrogens is 350 g/mol. The van der Waals surface area contributed by atoms with Crippen molar-refractivity contribution in [3.8, 4) is 0 Å². The lowest BCUT2D eigenvalue weighted by Gasteiger charge is -2.20. The maximum Gasteiger partial charge on any atom is 0.251 e. The first-order valence-electron chi connectivity index (χ1n) is 9.45. The fourth-order valence-corrected chi connectivity index (χ4v) is 3.16. The number of hydrogen-bond donors (Lipinski definition) is 2. The van der Waals surface area contributed by atoms with Gasteiger partial charge in [0.1, 0.15) is 6.04 Å². The van der Waals surface area contributed by atoms with Gasteiger partial charge in [-0.05, 0) is 42.2 Å². The number of anilines is 1. The Balaban J connectivity index is 1.90. The smallest absolute Gasteiger partial charge is 0.251 e. The Kier molecular flexibility index (Phi) is 6.04. The minimum atomic E-state index is -0.763. The van der Waals surface area contributed by atoms with Crippen LogP contribution < -0.4 is 10.6 Å². The van der Waals surface area contributed by atoms with Gasteiger partial charge in [-0.2, -0.15) is 0 Å². The van der Waals surface area contributed by atoms with Crippen LogP contribution in [0.1, 0.15) is 37.4 Å². The van der Waals surface area contributed by atoms with Crippen LogP contribution in [0.2, 0.25) is 0 Å². The highest BCUT2D eigenvalue weighted by molar-refractivity contribution is 6.04. The SMILES string of the molecule is Cc1ccc(NC(=O)C(NC(=O)CC(C)C)c2ccccc2)c2cccnc12. The maximum atomic E-state index is 13.1. The molecule has 0 aliphatic heterocycles. The zero-order valence-electron chi connectivity index (χ0n) is 16.4. The van der Waals surface area contributed by atoms with Crippen LogP contribution in [-0.4, -0.2) is 16.8 Å². The highest BCUT2D eigenvalue weighted by Gasteiger charge is 2.23. The first kappa shape index (κ1) is 19.5. The van der Waals surface area contributed by atoms with Gasteiger partial charge in [-0.3, -0.25) is 14.6 Å². The molecule has 0 spiro atoms. The number of aryl methyl sites for hydroxylation is 1. The normalized spacial score (nSPS) is 12.0. The number of hydrogen-bond acceptors (Lipinski definition) is 3. The number of rotatable bonds is 6. The van der Waals surface area contributed by atoms with Crippen molar-refractivity contribution >= 4 is 28.4 Å². The van der Waals surface area contributed by atoms with Crippen molar-refractivity contribution in [1.82, 2.24) is 10.3 Å². The molecule has 0 fully saturated rings. The number of nitrogens with zero attached hydrogens (tertiary/aromatic N) is 1. The Morgan fingerprint density at radius 3 is 2.46 bits per heavy atom. The Morgan fingerprint density at radius 2 is 1.75 bits per heavy atom. The molecule has 0 saturated heterocycles. The van der Waals surface area contributed by atoms with Gasteiger partial charge in [0, 0.05) is 18.0 Å². The summed E-state index contributed by atoms with van der Waals surface area (Å²) in [5.74, 6) is -0.210. The minimum Gasteiger partial charge on any atom is -0.341 e. The summed E-state index contributed by atoms with van der Waals surface area (Å²) in [6.45, 7) is 5.94. The molecule has 1 unspecified atom stereocenters. The fraction of sp³-hybridized carbons (Fsp3) is 0.261. The predicted molar refractivity (Wildman–Crippen MR) is 112 cm³/mol. The molecule has 1 atom stereocenters. The molecule has 5 heteroatoms. The van der Waals surface area contributed by atoms with E-state index in [-0.39, 0.29) is 17.7 Å². The number of amides is 2. The molecule has 28 heavy (non-hydrogen) atoms. The quantitative estimate of drug-likeness (QED) is 0.671. The second-order valence-electron chi connectivity index (χ2n) is 7.33. The van der Waals surface area contributed by atoms with E-state index >= 15 is 0 Å². The second kappa shape index (κ2) is 8.65. The third kappa shape index (κ3) is 4.55. The van der Waals surface area contributed by atoms with Gasteiger partial charge in [0.2, 0.25) is 5.91 Å². The van der Waals surface area contributed by atoms with Crippen LogP contribution in [0.3, 0.4) is 0 Å². The van der Waals surface area contributed by atoms with E-state index in [1.807, 2.05) is 75.4 Å². The Morgan fingerprint density at radius 1 is 1.00 bits per heavy atom. The Labute approximate surface area is 165 Å². The van der Waals surface area contributed by atoms with Crippen LogP contribution in [0.5, 0.6) is 0 Å². The molecule has 1 heterocycles. The van der Waals surface area contributed by atoms with Gasteiger partial charge in [-0.25, -0.2) is 0 Å². The molecular formula is C23H25N3O2. The van der Waals surface area contributed by atoms with Crippen molar-refractivity contribution in [1.29, 1.82) is 0 Å². The zero-order valence-corrected chi connectivity index (χ0v) is 16.4. The van der Waals surface area contributed by atoms with Gasteiger partial charge >= 0.3 is 0 Å². The van der Waals surface area contributed by atoms with Gasteiger partial charge in [-0.1, -0.05) is 50.2 Å². The van der Waals surface area contributed by atoms with Crippen molar-refractivity contribution in [2.45, 2.75) is 33.2 Å². The third-order valence-corrected chi connectivity index (χ3v) is 4.52. The summed E-state index contributed by atoms with van der Waals surface area (Å²) in [6.07, 6.45) is 2.11. The lowest BCUT2D eigenvalue weighted by molar-refractivity contribution is -0.127. The number of carbonyl (C=O) groups excluding carboxylic acids is 2. The summed E-state index contributed by atoms with van der Waals surface area (Å²) in [4.78, 5) is 29.9. The molecule has 1 aromatic heterocycles. The summed E-state index contributed by atoms with van der Waals surface area (Å²) in [6, 6.07) is 16.1. The molecule has 5 nitrogen and oxygen atoms in total. The van der Waals surface area contributed by atoms with E-state index in [1.165, 1.54) is 0 Å². The van der Waals surface area contributed by atoms with Crippen LogP contribution in [0, 0.1) is 12.8 Å². The van der Waals surface area contributed by atoms with E-state index in [9.17, 15) is 9.59 Å². The molecule has 2 aromatic carbocycles. The number of carbonyl (C=O) groups is 2. The maximum absolute atomic E-state index is 13.1. The second-order valence-corrected chi connectivity index (χ2v) is 7.33. The standard InChI is InChI=1S/C23H25N3O2/c1-15(2)14-20(27)26-22(17-8-5-4-6-9-17)23(28)25-19-12-11-16(3)21-18(19)10-7-13-24-21/h4-13,15,22H,14H2,1-3H3,(H,25,28)(H,26,27). The molecule has 2 N–H and O–H groups in total. The highest BCUT2D eigenvalue weighted by atomic mass is 16.2. The zero-order chi connectivity index (χ0) is 20.1. The molecule has 3 rings (SSSR count). The van der Waals surface area contributed by atoms with E-state index in [2.05, 4.69) is 15.6 Å². The van der Waals surface area contributed by atoms with E-state index in [1.54, 1.807) is 6.20 Å². The summed E-state index contributed by atoms with van der Waals surface area (Å²) < 4.78 is 0. The molecule has 0 bridgehead atoms. The lowest BCUT2D eigenvalue weighted by Crippen LogP contribution is -2.37. The predicted octanol–water partition coefficient (Wildman–Crippen LogP) is 4.39. The van der Waals surface area contributed by atoms with Crippen molar-refractivity contribution in [2.24, 2.45) is 5.92 Å². The number of nitrogens with one attached hydrogen (secondary N) is 2. The monoisotopic (exact) mass is 375 g/mol. The van der Waals surface area contributed by atoms with E-state index in [0.29, 0.717) is 12.1 Å². The molecule has 0 aliphatic carbocycles. The largest absolute Gasteiger partial charge is 0.341 e. The molecule has 0 aliphatic rings. The van der Waals surface area contributed by atoms with Gasteiger partial charge in [0.15, 0.2) is 0 Å². The van der Waals surface area contributed by atoms with Crippen molar-refractivity contribution in [3.05, 3.63) is 71.9 Å². The fourth-order valence-electron chi connectivity index (χ4n) is 3.16. The van der Waals surface area contributed by atoms with Gasteiger partial charge in [-0.15, -0.1) is 0 Å². The summed E-state index contributed by atoms with van der Waals surface area (Å²) >= 11 is 0. The first-order valence-corrected chi connectivity index (χ1v) is 9.45. The third-order valence-electron chi connectivity index (χ3n) is 4.52. The van der Waals surface area contributed by atoms with E-state index in [4.69, 9.17) is 0 Å². The summed E-state index contributed by atoms with van der Waals surface area (Å²) in [7, 11) is 0. The number of aromatic nitrogens is 1. The number of pyridine rings is 1. The molecule has 3 aromatic rings. The first-order chi connectivity index (χ1) is 13.5. The van der Waals surface area contributed by atoms with Crippen molar-refractivity contribution < 1.29 is 9.59 Å². The van der Waals surface area contributed by atoms with Crippen molar-refractivity contribution in [2.75, 3.05) is 5.32 Å². The van der Waals surface area contributed by atoms with Crippen LogP contribution in [0.25, 0.3) is 10.9 Å². The number of fused-ring (bicyclic) bond motifs is 1. The van der Waals surface area contributed by atoms with Crippen LogP contribution in [0.4, 0.5) is 5.69 Å². The van der Waals surface area contributed by atoms with E-state index in [0.717, 1.165) is 22.0 Å². The lowest BCUT2D eigenvalue weighted by atomic mass is 10.0. The average Bonchev–Trinajstić information content (AvgIpc) is 2.68. The van der Waals surface area contributed by atoms with Gasteiger partial charge in [0.05, 0.1) is 11.2 Å². The summed E-state index contributed by atoms with van der Waals surface area (Å²) in [5, 5.41) is 6.72. The number of benzene rings is 2. The van der Waals surface area contributed by atoms with E-state index < -0.39 is 6.04 Å². The Bertz CT molecular complexity index is 984. The summed E-state index contributed by atoms with van der Waals surface area (Å²) in [5.41, 5.74) is 3.31. The molecule has 0 saturated carbocycles.